The molecule has 3 amide bonds. The molecule has 1 aliphatic carbocycles. The van der Waals surface area contributed by atoms with Crippen LogP contribution in [0.1, 0.15) is 49.8 Å². The molecule has 9 nitrogen and oxygen atoms in total. The Labute approximate surface area is 233 Å². The van der Waals surface area contributed by atoms with Crippen LogP contribution in [0, 0.1) is 12.7 Å². The van der Waals surface area contributed by atoms with Gasteiger partial charge in [0.1, 0.15) is 17.2 Å². The number of piperidine rings is 1. The molecule has 40 heavy (non-hydrogen) atoms. The molecule has 0 atom stereocenters. The average Bonchev–Trinajstić information content (AvgIpc) is 3.48. The maximum Gasteiger partial charge on any atom is 0.325 e. The molecule has 2 aliphatic heterocycles. The first-order chi connectivity index (χ1) is 19.0. The summed E-state index contributed by atoms with van der Waals surface area (Å²) < 4.78 is 20.1. The summed E-state index contributed by atoms with van der Waals surface area (Å²) in [6.07, 6.45) is 11.0. The summed E-state index contributed by atoms with van der Waals surface area (Å²) in [5.41, 5.74) is 1.78. The van der Waals surface area contributed by atoms with Crippen molar-refractivity contribution in [1.29, 1.82) is 0 Å². The third-order valence-electron chi connectivity index (χ3n) is 8.28. The highest BCUT2D eigenvalue weighted by Crippen LogP contribution is 2.40. The molecule has 3 heterocycles. The zero-order valence-electron chi connectivity index (χ0n) is 23.4. The molecule has 0 bridgehead atoms. The standard InChI is InChI=1S/C30H36FN5O4/c1-20-21(6-5-7-25(20)31)18-36-28(38)35(19-30(36)12-14-34(15-13-30)27(37)29(2,3)39)23-8-10-24(22-16-32-33-17-22)26(40-4)11-9-23/h5-10,16-17,39H,11-15,18-19H2,1-4H3,(H,32,33). The minimum absolute atomic E-state index is 0.160. The molecule has 212 valence electrons. The summed E-state index contributed by atoms with van der Waals surface area (Å²) in [6.45, 7) is 6.23. The van der Waals surface area contributed by atoms with Crippen LogP contribution in [-0.2, 0) is 16.1 Å². The number of likely N-dealkylation sites (tertiary alicyclic amines) is 1. The van der Waals surface area contributed by atoms with Gasteiger partial charge in [0, 0.05) is 49.1 Å². The van der Waals surface area contributed by atoms with E-state index in [1.807, 2.05) is 29.2 Å². The van der Waals surface area contributed by atoms with Gasteiger partial charge in [-0.2, -0.15) is 5.10 Å². The topological polar surface area (TPSA) is 102 Å². The number of nitrogens with zero attached hydrogens (tertiary/aromatic N) is 4. The lowest BCUT2D eigenvalue weighted by Crippen LogP contribution is -2.57. The van der Waals surface area contributed by atoms with E-state index in [1.54, 1.807) is 42.3 Å². The SMILES string of the molecule is COC1=C(c2cn[nH]c2)C=CC(N2CC3(CCN(C(=O)C(C)(C)O)CC3)N(Cc3cccc(F)c3C)C2=O)=CC1. The number of rotatable bonds is 6. The summed E-state index contributed by atoms with van der Waals surface area (Å²) in [7, 11) is 1.63. The van der Waals surface area contributed by atoms with Gasteiger partial charge >= 0.3 is 6.03 Å². The van der Waals surface area contributed by atoms with Crippen molar-refractivity contribution in [2.45, 2.75) is 57.7 Å². The monoisotopic (exact) mass is 549 g/mol. The lowest BCUT2D eigenvalue weighted by atomic mass is 9.85. The number of aromatic nitrogens is 2. The summed E-state index contributed by atoms with van der Waals surface area (Å²) in [4.78, 5) is 32.2. The van der Waals surface area contributed by atoms with Gasteiger partial charge in [-0.25, -0.2) is 9.18 Å². The van der Waals surface area contributed by atoms with E-state index in [1.165, 1.54) is 19.9 Å². The van der Waals surface area contributed by atoms with E-state index in [-0.39, 0.29) is 24.3 Å². The second-order valence-electron chi connectivity index (χ2n) is 11.2. The third kappa shape index (κ3) is 5.03. The maximum atomic E-state index is 14.4. The number of hydrogen-bond donors (Lipinski definition) is 2. The van der Waals surface area contributed by atoms with Gasteiger partial charge in [-0.05, 0) is 63.0 Å². The first-order valence-electron chi connectivity index (χ1n) is 13.5. The molecular formula is C30H36FN5O4. The van der Waals surface area contributed by atoms with Crippen molar-refractivity contribution in [2.24, 2.45) is 0 Å². The van der Waals surface area contributed by atoms with Crippen LogP contribution >= 0.6 is 0 Å². The molecule has 1 aromatic carbocycles. The lowest BCUT2D eigenvalue weighted by molar-refractivity contribution is -0.150. The summed E-state index contributed by atoms with van der Waals surface area (Å²) in [6, 6.07) is 4.78. The molecule has 0 saturated carbocycles. The van der Waals surface area contributed by atoms with Gasteiger partial charge in [-0.1, -0.05) is 18.2 Å². The largest absolute Gasteiger partial charge is 0.500 e. The molecule has 1 spiro atoms. The van der Waals surface area contributed by atoms with Crippen LogP contribution < -0.4 is 0 Å². The zero-order valence-corrected chi connectivity index (χ0v) is 23.4. The highest BCUT2D eigenvalue weighted by molar-refractivity contribution is 5.85. The summed E-state index contributed by atoms with van der Waals surface area (Å²) in [5.74, 6) is 0.134. The molecule has 2 fully saturated rings. The van der Waals surface area contributed by atoms with Gasteiger partial charge < -0.3 is 19.6 Å². The van der Waals surface area contributed by atoms with Gasteiger partial charge in [0.25, 0.3) is 5.91 Å². The number of H-pyrrole nitrogens is 1. The highest BCUT2D eigenvalue weighted by Gasteiger charge is 2.52. The van der Waals surface area contributed by atoms with Crippen LogP contribution in [-0.4, -0.2) is 79.8 Å². The van der Waals surface area contributed by atoms with Crippen molar-refractivity contribution >= 4 is 17.5 Å². The number of amides is 3. The van der Waals surface area contributed by atoms with Crippen LogP contribution in [0.15, 0.2) is 60.3 Å². The van der Waals surface area contributed by atoms with Crippen LogP contribution in [0.25, 0.3) is 5.57 Å². The predicted octanol–water partition coefficient (Wildman–Crippen LogP) is 4.13. The number of aromatic amines is 1. The molecular weight excluding hydrogens is 513 g/mol. The van der Waals surface area contributed by atoms with Crippen molar-refractivity contribution in [2.75, 3.05) is 26.7 Å². The number of allylic oxidation sites excluding steroid dienone is 4. The number of nitrogens with one attached hydrogen (secondary N) is 1. The smallest absolute Gasteiger partial charge is 0.325 e. The van der Waals surface area contributed by atoms with Gasteiger partial charge in [0.2, 0.25) is 0 Å². The van der Waals surface area contributed by atoms with E-state index in [0.29, 0.717) is 44.5 Å². The number of carbonyl (C=O) groups is 2. The molecule has 0 unspecified atom stereocenters. The number of urea groups is 1. The van der Waals surface area contributed by atoms with E-state index >= 15 is 0 Å². The highest BCUT2D eigenvalue weighted by atomic mass is 19.1. The normalized spacial score (nSPS) is 19.4. The first-order valence-corrected chi connectivity index (χ1v) is 13.5. The maximum absolute atomic E-state index is 14.4. The Morgan fingerprint density at radius 3 is 2.65 bits per heavy atom. The van der Waals surface area contributed by atoms with Crippen LogP contribution in [0.4, 0.5) is 9.18 Å². The number of ether oxygens (including phenoxy) is 1. The molecule has 2 aromatic rings. The predicted molar refractivity (Wildman–Crippen MR) is 148 cm³/mol. The molecule has 5 rings (SSSR count). The first kappa shape index (κ1) is 27.6. The molecule has 1 aromatic heterocycles. The van der Waals surface area contributed by atoms with Crippen molar-refractivity contribution < 1.29 is 23.8 Å². The van der Waals surface area contributed by atoms with Gasteiger partial charge in [0.05, 0.1) is 25.4 Å². The third-order valence-corrected chi connectivity index (χ3v) is 8.28. The molecule has 2 N–H and O–H groups in total. The Balaban J connectivity index is 1.46. The zero-order chi connectivity index (χ0) is 28.7. The fourth-order valence-corrected chi connectivity index (χ4v) is 5.85. The van der Waals surface area contributed by atoms with Crippen LogP contribution in [0.2, 0.25) is 0 Å². The van der Waals surface area contributed by atoms with Crippen LogP contribution in [0.5, 0.6) is 0 Å². The Morgan fingerprint density at radius 2 is 2.00 bits per heavy atom. The van der Waals surface area contributed by atoms with E-state index in [0.717, 1.165) is 28.2 Å². The van der Waals surface area contributed by atoms with E-state index < -0.39 is 11.1 Å². The molecule has 0 radical (unpaired) electrons. The second kappa shape index (κ2) is 10.6. The fraction of sp³-hybridized carbons (Fsp3) is 0.433. The van der Waals surface area contributed by atoms with Crippen LogP contribution in [0.3, 0.4) is 0 Å². The molecule has 10 heteroatoms. The van der Waals surface area contributed by atoms with Crippen molar-refractivity contribution in [3.63, 3.8) is 0 Å². The summed E-state index contributed by atoms with van der Waals surface area (Å²) >= 11 is 0. The Morgan fingerprint density at radius 1 is 1.25 bits per heavy atom. The fourth-order valence-electron chi connectivity index (χ4n) is 5.85. The van der Waals surface area contributed by atoms with E-state index in [9.17, 15) is 19.1 Å². The quantitative estimate of drug-likeness (QED) is 0.564. The van der Waals surface area contributed by atoms with Crippen molar-refractivity contribution in [1.82, 2.24) is 24.9 Å². The number of halogens is 1. The van der Waals surface area contributed by atoms with Gasteiger partial charge in [-0.15, -0.1) is 0 Å². The van der Waals surface area contributed by atoms with E-state index in [2.05, 4.69) is 10.2 Å². The van der Waals surface area contributed by atoms with E-state index in [4.69, 9.17) is 4.74 Å². The van der Waals surface area contributed by atoms with Gasteiger partial charge in [0.15, 0.2) is 0 Å². The Hall–Kier alpha value is -3.92. The summed E-state index contributed by atoms with van der Waals surface area (Å²) in [5, 5.41) is 17.2. The Kier molecular flexibility index (Phi) is 7.31. The minimum Gasteiger partial charge on any atom is -0.500 e. The molecule has 3 aliphatic rings. The number of hydrogen-bond acceptors (Lipinski definition) is 5. The number of methoxy groups -OCH3 is 1. The number of benzene rings is 1. The molecule has 2 saturated heterocycles. The minimum atomic E-state index is -1.46. The lowest BCUT2D eigenvalue weighted by Gasteiger charge is -2.44. The van der Waals surface area contributed by atoms with Crippen molar-refractivity contribution in [3.8, 4) is 0 Å². The van der Waals surface area contributed by atoms with Crippen molar-refractivity contribution in [3.05, 3.63) is 82.8 Å². The number of aliphatic hydroxyl groups is 1. The average molecular weight is 550 g/mol. The Bertz CT molecular complexity index is 1380. The van der Waals surface area contributed by atoms with Gasteiger partial charge in [-0.3, -0.25) is 14.8 Å². The number of carbonyl (C=O) groups excluding carboxylic acids is 2. The second-order valence-corrected chi connectivity index (χ2v) is 11.2.